The van der Waals surface area contributed by atoms with E-state index >= 15 is 0 Å². The molecule has 1 rings (SSSR count). The van der Waals surface area contributed by atoms with Crippen molar-refractivity contribution < 1.29 is 8.78 Å². The first-order valence-electron chi connectivity index (χ1n) is 5.67. The van der Waals surface area contributed by atoms with Gasteiger partial charge in [-0.15, -0.1) is 0 Å². The molecule has 6 heteroatoms. The van der Waals surface area contributed by atoms with Crippen LogP contribution in [0, 0.1) is 0 Å². The van der Waals surface area contributed by atoms with Gasteiger partial charge in [0.15, 0.2) is 5.11 Å². The molecule has 0 bridgehead atoms. The van der Waals surface area contributed by atoms with Crippen molar-refractivity contribution >= 4 is 34.8 Å². The molecule has 1 aromatic rings. The Balaban J connectivity index is 2.60. The number of hydrogen-bond acceptors (Lipinski definition) is 2. The molecule has 0 radical (unpaired) electrons. The highest BCUT2D eigenvalue weighted by Crippen LogP contribution is 2.26. The van der Waals surface area contributed by atoms with Gasteiger partial charge in [0.1, 0.15) is 0 Å². The molecule has 0 amide bonds. The van der Waals surface area contributed by atoms with E-state index in [1.54, 1.807) is 24.3 Å². The van der Waals surface area contributed by atoms with Gasteiger partial charge in [0.2, 0.25) is 0 Å². The van der Waals surface area contributed by atoms with Crippen molar-refractivity contribution in [2.24, 2.45) is 0 Å². The van der Waals surface area contributed by atoms with Gasteiger partial charge in [0.05, 0.1) is 0 Å². The van der Waals surface area contributed by atoms with Crippen LogP contribution in [0.3, 0.4) is 0 Å². The van der Waals surface area contributed by atoms with E-state index in [0.717, 1.165) is 18.8 Å². The minimum absolute atomic E-state index is 0.537. The molecule has 0 heterocycles. The summed E-state index contributed by atoms with van der Waals surface area (Å²) < 4.78 is 24.3. The first-order valence-corrected chi connectivity index (χ1v) is 6.96. The molecule has 1 N–H and O–H groups in total. The number of alkyl halides is 2. The van der Waals surface area contributed by atoms with Crippen LogP contribution in [0.15, 0.2) is 29.2 Å². The van der Waals surface area contributed by atoms with Crippen LogP contribution in [-0.4, -0.2) is 28.9 Å². The van der Waals surface area contributed by atoms with E-state index in [0.29, 0.717) is 21.8 Å². The van der Waals surface area contributed by atoms with E-state index < -0.39 is 5.76 Å². The Morgan fingerprint density at radius 2 is 1.83 bits per heavy atom. The van der Waals surface area contributed by atoms with Gasteiger partial charge in [-0.3, -0.25) is 0 Å². The van der Waals surface area contributed by atoms with Crippen molar-refractivity contribution in [1.82, 2.24) is 4.90 Å². The molecule has 0 fully saturated rings. The Morgan fingerprint density at radius 1 is 1.28 bits per heavy atom. The second kappa shape index (κ2) is 7.53. The van der Waals surface area contributed by atoms with Crippen LogP contribution >= 0.6 is 24.0 Å². The molecule has 0 aliphatic carbocycles. The predicted molar refractivity (Wildman–Crippen MR) is 77.4 cm³/mol. The van der Waals surface area contributed by atoms with Crippen LogP contribution in [-0.2, 0) is 0 Å². The van der Waals surface area contributed by atoms with E-state index in [9.17, 15) is 8.78 Å². The minimum atomic E-state index is -2.39. The van der Waals surface area contributed by atoms with Gasteiger partial charge in [-0.1, -0.05) is 11.8 Å². The molecular weight excluding hydrogens is 274 g/mol. The summed E-state index contributed by atoms with van der Waals surface area (Å²) in [7, 11) is 0. The van der Waals surface area contributed by atoms with Crippen LogP contribution in [0.4, 0.5) is 14.5 Å². The number of nitrogens with zero attached hydrogens (tertiary/aromatic N) is 1. The number of thioether (sulfide) groups is 1. The summed E-state index contributed by atoms with van der Waals surface area (Å²) in [6, 6.07) is 6.81. The zero-order valence-corrected chi connectivity index (χ0v) is 12.0. The topological polar surface area (TPSA) is 15.3 Å². The molecule has 0 spiro atoms. The molecule has 0 saturated heterocycles. The Labute approximate surface area is 116 Å². The van der Waals surface area contributed by atoms with Crippen molar-refractivity contribution in [2.45, 2.75) is 24.5 Å². The number of thiocarbonyl (C=S) groups is 1. The average Bonchev–Trinajstić information content (AvgIpc) is 2.32. The first kappa shape index (κ1) is 15.2. The zero-order valence-electron chi connectivity index (χ0n) is 10.3. The molecule has 18 heavy (non-hydrogen) atoms. The fraction of sp³-hybridized carbons (Fsp3) is 0.417. The van der Waals surface area contributed by atoms with Gasteiger partial charge in [-0.2, -0.15) is 8.78 Å². The molecule has 1 aromatic carbocycles. The Morgan fingerprint density at radius 3 is 2.28 bits per heavy atom. The predicted octanol–water partition coefficient (Wildman–Crippen LogP) is 4.04. The molecular formula is C12H16F2N2S2. The van der Waals surface area contributed by atoms with Crippen LogP contribution in [0.5, 0.6) is 0 Å². The minimum Gasteiger partial charge on any atom is -0.350 e. The highest BCUT2D eigenvalue weighted by Gasteiger charge is 2.07. The third kappa shape index (κ3) is 4.78. The summed E-state index contributed by atoms with van der Waals surface area (Å²) in [5.74, 6) is -2.39. The van der Waals surface area contributed by atoms with Gasteiger partial charge < -0.3 is 10.2 Å². The number of hydrogen-bond donors (Lipinski definition) is 1. The van der Waals surface area contributed by atoms with E-state index in [1.807, 2.05) is 18.7 Å². The van der Waals surface area contributed by atoms with Gasteiger partial charge in [0.25, 0.3) is 5.76 Å². The van der Waals surface area contributed by atoms with Crippen molar-refractivity contribution in [1.29, 1.82) is 0 Å². The van der Waals surface area contributed by atoms with Crippen LogP contribution in [0.25, 0.3) is 0 Å². The van der Waals surface area contributed by atoms with Gasteiger partial charge >= 0.3 is 0 Å². The van der Waals surface area contributed by atoms with Gasteiger partial charge in [0, 0.05) is 23.7 Å². The van der Waals surface area contributed by atoms with Crippen molar-refractivity contribution in [3.05, 3.63) is 24.3 Å². The number of rotatable bonds is 5. The highest BCUT2D eigenvalue weighted by molar-refractivity contribution is 7.99. The van der Waals surface area contributed by atoms with Crippen molar-refractivity contribution in [2.75, 3.05) is 18.4 Å². The van der Waals surface area contributed by atoms with Crippen molar-refractivity contribution in [3.8, 4) is 0 Å². The fourth-order valence-corrected chi connectivity index (χ4v) is 2.31. The number of benzene rings is 1. The maximum atomic E-state index is 12.1. The molecule has 0 aromatic heterocycles. The van der Waals surface area contributed by atoms with Crippen LogP contribution < -0.4 is 5.32 Å². The lowest BCUT2D eigenvalue weighted by Gasteiger charge is -2.22. The molecule has 100 valence electrons. The highest BCUT2D eigenvalue weighted by atomic mass is 32.2. The Hall–Kier alpha value is -0.880. The Kier molecular flexibility index (Phi) is 6.35. The quantitative estimate of drug-likeness (QED) is 0.650. The summed E-state index contributed by atoms with van der Waals surface area (Å²) >= 11 is 5.79. The maximum absolute atomic E-state index is 12.1. The number of nitrogens with one attached hydrogen (secondary N) is 1. The smallest absolute Gasteiger partial charge is 0.288 e. The summed E-state index contributed by atoms with van der Waals surface area (Å²) in [6.07, 6.45) is 0. The standard InChI is InChI=1S/C12H16F2N2S2/c1-3-16(4-2)12(17)15-9-5-7-10(8-6-9)18-11(13)14/h5-8,11H,3-4H2,1-2H3,(H,15,17). The molecule has 0 atom stereocenters. The monoisotopic (exact) mass is 290 g/mol. The lowest BCUT2D eigenvalue weighted by Crippen LogP contribution is -2.34. The second-order valence-corrected chi connectivity index (χ2v) is 4.96. The normalized spacial score (nSPS) is 10.5. The van der Waals surface area contributed by atoms with Gasteiger partial charge in [-0.05, 0) is 50.3 Å². The zero-order chi connectivity index (χ0) is 13.5. The molecule has 0 unspecified atom stereocenters. The fourth-order valence-electron chi connectivity index (χ4n) is 1.43. The Bertz CT molecular complexity index is 378. The third-order valence-corrected chi connectivity index (χ3v) is 3.46. The van der Waals surface area contributed by atoms with E-state index in [2.05, 4.69) is 5.32 Å². The maximum Gasteiger partial charge on any atom is 0.288 e. The lowest BCUT2D eigenvalue weighted by atomic mass is 10.3. The summed E-state index contributed by atoms with van der Waals surface area (Å²) in [4.78, 5) is 2.56. The summed E-state index contributed by atoms with van der Waals surface area (Å²) in [5, 5.41) is 3.73. The van der Waals surface area contributed by atoms with Crippen LogP contribution in [0.2, 0.25) is 0 Å². The molecule has 0 saturated carbocycles. The van der Waals surface area contributed by atoms with Crippen LogP contribution in [0.1, 0.15) is 13.8 Å². The number of halogens is 2. The number of anilines is 1. The first-order chi connectivity index (χ1) is 8.56. The van der Waals surface area contributed by atoms with E-state index in [4.69, 9.17) is 12.2 Å². The van der Waals surface area contributed by atoms with Crippen molar-refractivity contribution in [3.63, 3.8) is 0 Å². The lowest BCUT2D eigenvalue weighted by molar-refractivity contribution is 0.252. The van der Waals surface area contributed by atoms with E-state index in [-0.39, 0.29) is 0 Å². The molecule has 0 aliphatic rings. The summed E-state index contributed by atoms with van der Waals surface area (Å²) in [6.45, 7) is 5.73. The van der Waals surface area contributed by atoms with Gasteiger partial charge in [-0.25, -0.2) is 0 Å². The average molecular weight is 290 g/mol. The molecule has 2 nitrogen and oxygen atoms in total. The largest absolute Gasteiger partial charge is 0.350 e. The second-order valence-electron chi connectivity index (χ2n) is 3.51. The molecule has 0 aliphatic heterocycles. The SMILES string of the molecule is CCN(CC)C(=S)Nc1ccc(SC(F)F)cc1. The third-order valence-electron chi connectivity index (χ3n) is 2.38. The summed E-state index contributed by atoms with van der Waals surface area (Å²) in [5.41, 5.74) is 0.811. The van der Waals surface area contributed by atoms with E-state index in [1.165, 1.54) is 0 Å².